The van der Waals surface area contributed by atoms with Crippen LogP contribution in [0.5, 0.6) is 11.5 Å². The first kappa shape index (κ1) is 14.9. The quantitative estimate of drug-likeness (QED) is 0.802. The number of imide groups is 1. The van der Waals surface area contributed by atoms with Gasteiger partial charge in [-0.15, -0.1) is 0 Å². The number of para-hydroxylation sites is 1. The molecule has 0 N–H and O–H groups in total. The van der Waals surface area contributed by atoms with Gasteiger partial charge in [0.2, 0.25) is 11.8 Å². The van der Waals surface area contributed by atoms with Crippen LogP contribution < -0.4 is 9.47 Å². The number of likely N-dealkylation sites (tertiary alicyclic amines) is 1. The molecule has 5 heteroatoms. The van der Waals surface area contributed by atoms with Crippen molar-refractivity contribution in [1.29, 1.82) is 0 Å². The molecule has 0 atom stereocenters. The van der Waals surface area contributed by atoms with Gasteiger partial charge < -0.3 is 9.47 Å². The molecule has 2 heterocycles. The number of hydrogen-bond donors (Lipinski definition) is 0. The lowest BCUT2D eigenvalue weighted by Crippen LogP contribution is -2.35. The predicted molar refractivity (Wildman–Crippen MR) is 80.6 cm³/mol. The van der Waals surface area contributed by atoms with Gasteiger partial charge in [-0.1, -0.05) is 26.0 Å². The summed E-state index contributed by atoms with van der Waals surface area (Å²) in [4.78, 5) is 26.4. The molecule has 118 valence electrons. The summed E-state index contributed by atoms with van der Waals surface area (Å²) in [7, 11) is 0. The number of hydrogen-bond acceptors (Lipinski definition) is 4. The standard InChI is InChI=1S/C17H21NO4/c1-3-17(4-2)10-14(19)18(16(17)20)11-12-6-5-7-13-15(12)22-9-8-21-13/h5-7H,3-4,8-11H2,1-2H3. The normalized spacial score (nSPS) is 19.6. The van der Waals surface area contributed by atoms with Crippen LogP contribution in [0.4, 0.5) is 0 Å². The molecule has 1 saturated heterocycles. The molecule has 1 aromatic carbocycles. The third-order valence-electron chi connectivity index (χ3n) is 4.82. The first-order valence-corrected chi connectivity index (χ1v) is 7.83. The van der Waals surface area contributed by atoms with Gasteiger partial charge in [0.1, 0.15) is 13.2 Å². The van der Waals surface area contributed by atoms with Gasteiger partial charge in [0.05, 0.1) is 12.0 Å². The van der Waals surface area contributed by atoms with Crippen LogP contribution in [0.25, 0.3) is 0 Å². The molecule has 0 bridgehead atoms. The monoisotopic (exact) mass is 303 g/mol. The van der Waals surface area contributed by atoms with E-state index in [2.05, 4.69) is 0 Å². The molecule has 22 heavy (non-hydrogen) atoms. The van der Waals surface area contributed by atoms with Crippen LogP contribution in [-0.2, 0) is 16.1 Å². The van der Waals surface area contributed by atoms with E-state index in [1.165, 1.54) is 4.90 Å². The molecule has 0 radical (unpaired) electrons. The Kier molecular flexibility index (Phi) is 3.81. The van der Waals surface area contributed by atoms with Gasteiger partial charge in [-0.25, -0.2) is 0 Å². The van der Waals surface area contributed by atoms with E-state index in [9.17, 15) is 9.59 Å². The summed E-state index contributed by atoms with van der Waals surface area (Å²) in [5, 5.41) is 0. The highest BCUT2D eigenvalue weighted by Gasteiger charge is 2.49. The van der Waals surface area contributed by atoms with Crippen molar-refractivity contribution >= 4 is 11.8 Å². The maximum atomic E-state index is 12.7. The summed E-state index contributed by atoms with van der Waals surface area (Å²) in [6.07, 6.45) is 1.69. The Morgan fingerprint density at radius 2 is 1.86 bits per heavy atom. The lowest BCUT2D eigenvalue weighted by molar-refractivity contribution is -0.142. The Labute approximate surface area is 130 Å². The molecule has 1 fully saturated rings. The van der Waals surface area contributed by atoms with Crippen molar-refractivity contribution in [1.82, 2.24) is 4.90 Å². The smallest absolute Gasteiger partial charge is 0.236 e. The van der Waals surface area contributed by atoms with Crippen LogP contribution in [0.2, 0.25) is 0 Å². The van der Waals surface area contributed by atoms with Gasteiger partial charge in [0, 0.05) is 12.0 Å². The van der Waals surface area contributed by atoms with E-state index in [1.807, 2.05) is 32.0 Å². The van der Waals surface area contributed by atoms with E-state index >= 15 is 0 Å². The third kappa shape index (κ3) is 2.25. The second-order valence-corrected chi connectivity index (χ2v) is 5.89. The average molecular weight is 303 g/mol. The number of carbonyl (C=O) groups excluding carboxylic acids is 2. The van der Waals surface area contributed by atoms with Crippen LogP contribution in [0.3, 0.4) is 0 Å². The highest BCUT2D eigenvalue weighted by molar-refractivity contribution is 6.05. The van der Waals surface area contributed by atoms with Crippen LogP contribution in [0.1, 0.15) is 38.7 Å². The zero-order valence-electron chi connectivity index (χ0n) is 13.1. The zero-order valence-corrected chi connectivity index (χ0v) is 13.1. The number of fused-ring (bicyclic) bond motifs is 1. The molecule has 0 aliphatic carbocycles. The number of rotatable bonds is 4. The number of benzene rings is 1. The van der Waals surface area contributed by atoms with E-state index in [-0.39, 0.29) is 18.4 Å². The lowest BCUT2D eigenvalue weighted by Gasteiger charge is -2.25. The number of amides is 2. The van der Waals surface area contributed by atoms with Gasteiger partial charge in [0.25, 0.3) is 0 Å². The summed E-state index contributed by atoms with van der Waals surface area (Å²) < 4.78 is 11.2. The van der Waals surface area contributed by atoms with Gasteiger partial charge in [-0.3, -0.25) is 14.5 Å². The van der Waals surface area contributed by atoms with E-state index in [0.29, 0.717) is 44.0 Å². The summed E-state index contributed by atoms with van der Waals surface area (Å²) in [5.74, 6) is 1.18. The molecular formula is C17H21NO4. The molecule has 2 aliphatic heterocycles. The van der Waals surface area contributed by atoms with Crippen molar-refractivity contribution in [3.8, 4) is 11.5 Å². The molecule has 3 rings (SSSR count). The minimum Gasteiger partial charge on any atom is -0.486 e. The molecule has 0 spiro atoms. The molecule has 5 nitrogen and oxygen atoms in total. The number of carbonyl (C=O) groups is 2. The largest absolute Gasteiger partial charge is 0.486 e. The van der Waals surface area contributed by atoms with Crippen molar-refractivity contribution in [2.45, 2.75) is 39.7 Å². The van der Waals surface area contributed by atoms with Crippen LogP contribution in [0.15, 0.2) is 18.2 Å². The lowest BCUT2D eigenvalue weighted by atomic mass is 9.81. The highest BCUT2D eigenvalue weighted by Crippen LogP contribution is 2.41. The van der Waals surface area contributed by atoms with Crippen molar-refractivity contribution in [3.05, 3.63) is 23.8 Å². The molecule has 0 saturated carbocycles. The minimum absolute atomic E-state index is 0.0585. The fourth-order valence-electron chi connectivity index (χ4n) is 3.25. The molecule has 1 aromatic rings. The molecular weight excluding hydrogens is 282 g/mol. The van der Waals surface area contributed by atoms with Gasteiger partial charge >= 0.3 is 0 Å². The molecule has 2 aliphatic rings. The average Bonchev–Trinajstić information content (AvgIpc) is 2.80. The Bertz CT molecular complexity index is 607. The number of ether oxygens (including phenoxy) is 2. The van der Waals surface area contributed by atoms with E-state index in [4.69, 9.17) is 9.47 Å². The van der Waals surface area contributed by atoms with Crippen molar-refractivity contribution in [3.63, 3.8) is 0 Å². The van der Waals surface area contributed by atoms with Gasteiger partial charge in [0.15, 0.2) is 11.5 Å². The topological polar surface area (TPSA) is 55.8 Å². The highest BCUT2D eigenvalue weighted by atomic mass is 16.6. The van der Waals surface area contributed by atoms with Crippen molar-refractivity contribution < 1.29 is 19.1 Å². The van der Waals surface area contributed by atoms with Crippen LogP contribution >= 0.6 is 0 Å². The maximum Gasteiger partial charge on any atom is 0.236 e. The Hall–Kier alpha value is -2.04. The maximum absolute atomic E-state index is 12.7. The fraction of sp³-hybridized carbons (Fsp3) is 0.529. The first-order valence-electron chi connectivity index (χ1n) is 7.83. The molecule has 0 unspecified atom stereocenters. The van der Waals surface area contributed by atoms with E-state index in [0.717, 1.165) is 5.56 Å². The summed E-state index contributed by atoms with van der Waals surface area (Å²) in [6.45, 7) is 5.21. The second-order valence-electron chi connectivity index (χ2n) is 5.89. The van der Waals surface area contributed by atoms with Gasteiger partial charge in [-0.05, 0) is 18.9 Å². The molecule has 0 aromatic heterocycles. The summed E-state index contributed by atoms with van der Waals surface area (Å²) in [6, 6.07) is 5.58. The Morgan fingerprint density at radius 1 is 1.14 bits per heavy atom. The fourth-order valence-corrected chi connectivity index (χ4v) is 3.25. The van der Waals surface area contributed by atoms with Crippen molar-refractivity contribution in [2.75, 3.05) is 13.2 Å². The summed E-state index contributed by atoms with van der Waals surface area (Å²) in [5.41, 5.74) is 0.297. The van der Waals surface area contributed by atoms with E-state index in [1.54, 1.807) is 0 Å². The van der Waals surface area contributed by atoms with Crippen LogP contribution in [-0.4, -0.2) is 29.9 Å². The predicted octanol–water partition coefficient (Wildman–Crippen LogP) is 2.52. The summed E-state index contributed by atoms with van der Waals surface area (Å²) >= 11 is 0. The minimum atomic E-state index is -0.525. The van der Waals surface area contributed by atoms with Crippen molar-refractivity contribution in [2.24, 2.45) is 5.41 Å². The van der Waals surface area contributed by atoms with E-state index < -0.39 is 5.41 Å². The first-order chi connectivity index (χ1) is 10.6. The SMILES string of the molecule is CCC1(CC)CC(=O)N(Cc2cccc3c2OCCO3)C1=O. The third-order valence-corrected chi connectivity index (χ3v) is 4.82. The second kappa shape index (κ2) is 5.63. The van der Waals surface area contributed by atoms with Crippen LogP contribution in [0, 0.1) is 5.41 Å². The Balaban J connectivity index is 1.88. The number of nitrogens with zero attached hydrogens (tertiary/aromatic N) is 1. The Morgan fingerprint density at radius 3 is 2.55 bits per heavy atom. The van der Waals surface area contributed by atoms with Gasteiger partial charge in [-0.2, -0.15) is 0 Å². The molecule has 2 amide bonds. The zero-order chi connectivity index (χ0) is 15.7.